The first kappa shape index (κ1) is 18.5. The van der Waals surface area contributed by atoms with Crippen molar-refractivity contribution in [2.75, 3.05) is 32.7 Å². The lowest BCUT2D eigenvalue weighted by Gasteiger charge is -2.35. The average Bonchev–Trinajstić information content (AvgIpc) is 2.92. The number of carbonyl (C=O) groups excluding carboxylic acids is 4. The third-order valence-electron chi connectivity index (χ3n) is 4.48. The van der Waals surface area contributed by atoms with Crippen LogP contribution in [0.2, 0.25) is 0 Å². The summed E-state index contributed by atoms with van der Waals surface area (Å²) in [5.74, 6) is -1.77. The fourth-order valence-electron chi connectivity index (χ4n) is 3.05. The van der Waals surface area contributed by atoms with Gasteiger partial charge in [-0.1, -0.05) is 15.9 Å². The summed E-state index contributed by atoms with van der Waals surface area (Å²) in [6, 6.07) is 4.00. The van der Waals surface area contributed by atoms with Gasteiger partial charge in [0.25, 0.3) is 5.91 Å². The first-order valence-electron chi connectivity index (χ1n) is 8.21. The monoisotopic (exact) mass is 425 g/mol. The van der Waals surface area contributed by atoms with Crippen LogP contribution in [0.5, 0.6) is 0 Å². The zero-order valence-corrected chi connectivity index (χ0v) is 15.5. The van der Waals surface area contributed by atoms with E-state index < -0.39 is 5.82 Å². The van der Waals surface area contributed by atoms with Crippen LogP contribution in [0.1, 0.15) is 23.2 Å². The van der Waals surface area contributed by atoms with Gasteiger partial charge < -0.3 is 9.80 Å². The molecule has 2 saturated heterocycles. The predicted molar refractivity (Wildman–Crippen MR) is 92.5 cm³/mol. The number of imide groups is 1. The summed E-state index contributed by atoms with van der Waals surface area (Å²) in [5.41, 5.74) is 0.241. The van der Waals surface area contributed by atoms with Crippen LogP contribution in [0.3, 0.4) is 0 Å². The van der Waals surface area contributed by atoms with Crippen LogP contribution in [-0.4, -0.2) is 71.1 Å². The minimum absolute atomic E-state index is 0.150. The van der Waals surface area contributed by atoms with E-state index in [0.29, 0.717) is 30.7 Å². The Labute approximate surface area is 157 Å². The number of nitrogens with zero attached hydrogens (tertiary/aromatic N) is 3. The number of likely N-dealkylation sites (tertiary alicyclic amines) is 1. The molecule has 1 aromatic carbocycles. The lowest BCUT2D eigenvalue weighted by Crippen LogP contribution is -2.53. The van der Waals surface area contributed by atoms with Crippen molar-refractivity contribution in [3.63, 3.8) is 0 Å². The van der Waals surface area contributed by atoms with Crippen LogP contribution in [0, 0.1) is 5.82 Å². The quantitative estimate of drug-likeness (QED) is 0.677. The fourth-order valence-corrected chi connectivity index (χ4v) is 3.52. The number of amides is 4. The van der Waals surface area contributed by atoms with Gasteiger partial charge in [0.1, 0.15) is 12.4 Å². The lowest BCUT2D eigenvalue weighted by atomic mass is 10.1. The zero-order chi connectivity index (χ0) is 18.8. The van der Waals surface area contributed by atoms with Crippen molar-refractivity contribution in [1.82, 2.24) is 14.7 Å². The molecule has 0 unspecified atom stereocenters. The molecule has 1 aromatic rings. The summed E-state index contributed by atoms with van der Waals surface area (Å²) in [7, 11) is 0. The molecule has 2 aliphatic heterocycles. The third kappa shape index (κ3) is 3.92. The van der Waals surface area contributed by atoms with Gasteiger partial charge in [-0.25, -0.2) is 4.39 Å². The molecule has 0 saturated carbocycles. The summed E-state index contributed by atoms with van der Waals surface area (Å²) in [6.07, 6.45) is 0.301. The molecule has 0 bridgehead atoms. The largest absolute Gasteiger partial charge is 0.338 e. The minimum Gasteiger partial charge on any atom is -0.338 e. The molecule has 0 aliphatic carbocycles. The number of hydrogen-bond acceptors (Lipinski definition) is 4. The maximum atomic E-state index is 13.5. The smallest absolute Gasteiger partial charge is 0.254 e. The molecule has 138 valence electrons. The highest BCUT2D eigenvalue weighted by Crippen LogP contribution is 2.18. The van der Waals surface area contributed by atoms with Crippen LogP contribution in [-0.2, 0) is 14.4 Å². The molecule has 7 nitrogen and oxygen atoms in total. The molecule has 0 aromatic heterocycles. The maximum absolute atomic E-state index is 13.5. The van der Waals surface area contributed by atoms with E-state index in [4.69, 9.17) is 0 Å². The lowest BCUT2D eigenvalue weighted by molar-refractivity contribution is -0.146. The molecular weight excluding hydrogens is 409 g/mol. The summed E-state index contributed by atoms with van der Waals surface area (Å²) in [4.78, 5) is 52.1. The van der Waals surface area contributed by atoms with Gasteiger partial charge in [-0.05, 0) is 18.2 Å². The van der Waals surface area contributed by atoms with Crippen LogP contribution in [0.25, 0.3) is 0 Å². The zero-order valence-electron chi connectivity index (χ0n) is 13.9. The van der Waals surface area contributed by atoms with Crippen molar-refractivity contribution in [3.8, 4) is 0 Å². The normalized spacial score (nSPS) is 17.8. The topological polar surface area (TPSA) is 78.0 Å². The molecule has 0 spiro atoms. The number of carbonyl (C=O) groups is 4. The SMILES string of the molecule is O=C(CN1C(=O)CCC1=O)N1CCN(C(=O)c2cc(F)cc(Br)c2)CC1. The Balaban J connectivity index is 1.56. The first-order valence-corrected chi connectivity index (χ1v) is 9.01. The molecule has 3 rings (SSSR count). The molecule has 0 radical (unpaired) electrons. The third-order valence-corrected chi connectivity index (χ3v) is 4.94. The van der Waals surface area contributed by atoms with Gasteiger partial charge >= 0.3 is 0 Å². The van der Waals surface area contributed by atoms with E-state index in [2.05, 4.69) is 15.9 Å². The molecule has 2 fully saturated rings. The number of piperazine rings is 1. The second kappa shape index (κ2) is 7.53. The highest BCUT2D eigenvalue weighted by atomic mass is 79.9. The molecule has 9 heteroatoms. The number of halogens is 2. The van der Waals surface area contributed by atoms with E-state index >= 15 is 0 Å². The van der Waals surface area contributed by atoms with Crippen LogP contribution in [0.4, 0.5) is 4.39 Å². The molecule has 2 heterocycles. The Hall–Kier alpha value is -2.29. The van der Waals surface area contributed by atoms with Gasteiger partial charge in [0, 0.05) is 49.1 Å². The second-order valence-corrected chi connectivity index (χ2v) is 7.12. The van der Waals surface area contributed by atoms with Crippen molar-refractivity contribution in [2.45, 2.75) is 12.8 Å². The van der Waals surface area contributed by atoms with E-state index in [0.717, 1.165) is 4.90 Å². The Bertz CT molecular complexity index is 741. The molecule has 4 amide bonds. The Morgan fingerprint density at radius 1 is 0.962 bits per heavy atom. The number of benzene rings is 1. The van der Waals surface area contributed by atoms with E-state index in [1.807, 2.05) is 0 Å². The Morgan fingerprint density at radius 3 is 2.12 bits per heavy atom. The maximum Gasteiger partial charge on any atom is 0.254 e. The van der Waals surface area contributed by atoms with Crippen molar-refractivity contribution in [3.05, 3.63) is 34.1 Å². The van der Waals surface area contributed by atoms with Crippen molar-refractivity contribution < 1.29 is 23.6 Å². The van der Waals surface area contributed by atoms with E-state index in [9.17, 15) is 23.6 Å². The Kier molecular flexibility index (Phi) is 5.36. The van der Waals surface area contributed by atoms with Gasteiger partial charge in [0.2, 0.25) is 17.7 Å². The van der Waals surface area contributed by atoms with Crippen molar-refractivity contribution >= 4 is 39.6 Å². The minimum atomic E-state index is -0.503. The predicted octanol–water partition coefficient (Wildman–Crippen LogP) is 1.02. The van der Waals surface area contributed by atoms with Crippen LogP contribution in [0.15, 0.2) is 22.7 Å². The van der Waals surface area contributed by atoms with E-state index in [-0.39, 0.29) is 48.6 Å². The van der Waals surface area contributed by atoms with Gasteiger partial charge in [-0.15, -0.1) is 0 Å². The standard InChI is InChI=1S/C17H17BrFN3O4/c18-12-7-11(8-13(19)9-12)17(26)21-5-3-20(4-6-21)16(25)10-22-14(23)1-2-15(22)24/h7-9H,1-6,10H2. The molecule has 0 N–H and O–H groups in total. The summed E-state index contributed by atoms with van der Waals surface area (Å²) < 4.78 is 13.9. The molecular formula is C17H17BrFN3O4. The highest BCUT2D eigenvalue weighted by Gasteiger charge is 2.33. The second-order valence-electron chi connectivity index (χ2n) is 6.20. The van der Waals surface area contributed by atoms with Gasteiger partial charge in [-0.3, -0.25) is 24.1 Å². The van der Waals surface area contributed by atoms with Crippen molar-refractivity contribution in [2.24, 2.45) is 0 Å². The highest BCUT2D eigenvalue weighted by molar-refractivity contribution is 9.10. The van der Waals surface area contributed by atoms with Crippen LogP contribution >= 0.6 is 15.9 Å². The first-order chi connectivity index (χ1) is 12.3. The van der Waals surface area contributed by atoms with E-state index in [1.54, 1.807) is 11.0 Å². The Morgan fingerprint density at radius 2 is 1.54 bits per heavy atom. The molecule has 0 atom stereocenters. The van der Waals surface area contributed by atoms with Gasteiger partial charge in [-0.2, -0.15) is 0 Å². The number of rotatable bonds is 3. The molecule has 26 heavy (non-hydrogen) atoms. The summed E-state index contributed by atoms with van der Waals surface area (Å²) >= 11 is 3.16. The van der Waals surface area contributed by atoms with Gasteiger partial charge in [0.15, 0.2) is 0 Å². The van der Waals surface area contributed by atoms with E-state index in [1.165, 1.54) is 17.0 Å². The number of hydrogen-bond donors (Lipinski definition) is 0. The van der Waals surface area contributed by atoms with Crippen molar-refractivity contribution in [1.29, 1.82) is 0 Å². The molecule has 2 aliphatic rings. The summed E-state index contributed by atoms with van der Waals surface area (Å²) in [6.45, 7) is 0.970. The fraction of sp³-hybridized carbons (Fsp3) is 0.412. The average molecular weight is 426 g/mol. The summed E-state index contributed by atoms with van der Waals surface area (Å²) in [5, 5.41) is 0. The van der Waals surface area contributed by atoms with Crippen LogP contribution < -0.4 is 0 Å². The van der Waals surface area contributed by atoms with Gasteiger partial charge in [0.05, 0.1) is 0 Å².